The van der Waals surface area contributed by atoms with E-state index in [-0.39, 0.29) is 23.9 Å². The van der Waals surface area contributed by atoms with Gasteiger partial charge in [0.2, 0.25) is 10.0 Å². The highest BCUT2D eigenvalue weighted by molar-refractivity contribution is 7.89. The van der Waals surface area contributed by atoms with Gasteiger partial charge in [-0.15, -0.1) is 0 Å². The summed E-state index contributed by atoms with van der Waals surface area (Å²) in [7, 11) is 0.589. The van der Waals surface area contributed by atoms with Crippen LogP contribution in [-0.4, -0.2) is 53.1 Å². The summed E-state index contributed by atoms with van der Waals surface area (Å²) in [6.45, 7) is 2.27. The number of nitrogens with zero attached hydrogens (tertiary/aromatic N) is 1. The minimum absolute atomic E-state index is 0.0205. The second-order valence-electron chi connectivity index (χ2n) is 6.31. The lowest BCUT2D eigenvalue weighted by Crippen LogP contribution is -2.22. The van der Waals surface area contributed by atoms with Gasteiger partial charge in [-0.05, 0) is 42.3 Å². The first-order chi connectivity index (χ1) is 13.8. The Morgan fingerprint density at radius 3 is 2.45 bits per heavy atom. The van der Waals surface area contributed by atoms with Crippen molar-refractivity contribution < 1.29 is 27.4 Å². The Kier molecular flexibility index (Phi) is 7.81. The van der Waals surface area contributed by atoms with E-state index in [2.05, 4.69) is 0 Å². The first-order valence-corrected chi connectivity index (χ1v) is 10.3. The van der Waals surface area contributed by atoms with Gasteiger partial charge in [0.1, 0.15) is 29.6 Å². The van der Waals surface area contributed by atoms with Crippen LogP contribution in [0.15, 0.2) is 53.4 Å². The van der Waals surface area contributed by atoms with E-state index in [4.69, 9.17) is 14.2 Å². The summed E-state index contributed by atoms with van der Waals surface area (Å²) in [5, 5.41) is 0. The van der Waals surface area contributed by atoms with Gasteiger partial charge in [-0.2, -0.15) is 0 Å². The smallest absolute Gasteiger partial charge is 0.330 e. The maximum atomic E-state index is 12.4. The maximum Gasteiger partial charge on any atom is 0.330 e. The molecule has 8 heteroatoms. The lowest BCUT2D eigenvalue weighted by Gasteiger charge is -2.15. The van der Waals surface area contributed by atoms with Gasteiger partial charge < -0.3 is 14.2 Å². The van der Waals surface area contributed by atoms with Crippen molar-refractivity contribution in [1.82, 2.24) is 4.31 Å². The average Bonchev–Trinajstić information content (AvgIpc) is 2.70. The maximum absolute atomic E-state index is 12.4. The first-order valence-electron chi connectivity index (χ1n) is 8.89. The van der Waals surface area contributed by atoms with E-state index in [0.29, 0.717) is 5.56 Å². The molecule has 2 rings (SSSR count). The third-order valence-electron chi connectivity index (χ3n) is 4.04. The quantitative estimate of drug-likeness (QED) is 0.353. The highest BCUT2D eigenvalue weighted by atomic mass is 32.2. The van der Waals surface area contributed by atoms with E-state index < -0.39 is 16.0 Å². The Morgan fingerprint density at radius 2 is 1.79 bits per heavy atom. The molecular formula is C21H25NO6S. The van der Waals surface area contributed by atoms with Crippen molar-refractivity contribution in [2.45, 2.75) is 11.8 Å². The van der Waals surface area contributed by atoms with E-state index in [1.54, 1.807) is 6.07 Å². The van der Waals surface area contributed by atoms with E-state index in [1.165, 1.54) is 45.5 Å². The fourth-order valence-electron chi connectivity index (χ4n) is 2.42. The second-order valence-corrected chi connectivity index (χ2v) is 8.43. The lowest BCUT2D eigenvalue weighted by molar-refractivity contribution is -0.138. The highest BCUT2D eigenvalue weighted by Crippen LogP contribution is 2.27. The molecular weight excluding hydrogens is 394 g/mol. The minimum atomic E-state index is -3.69. The molecule has 2 aromatic rings. The Balaban J connectivity index is 1.97. The van der Waals surface area contributed by atoms with E-state index in [9.17, 15) is 13.2 Å². The fraction of sp³-hybridized carbons (Fsp3) is 0.286. The van der Waals surface area contributed by atoms with Crippen molar-refractivity contribution in [1.29, 1.82) is 0 Å². The van der Waals surface area contributed by atoms with Crippen molar-refractivity contribution in [2.75, 3.05) is 34.4 Å². The lowest BCUT2D eigenvalue weighted by atomic mass is 10.2. The van der Waals surface area contributed by atoms with Crippen molar-refractivity contribution >= 4 is 22.1 Å². The molecule has 0 atom stereocenters. The minimum Gasteiger partial charge on any atom is -0.495 e. The summed E-state index contributed by atoms with van der Waals surface area (Å²) in [5.74, 6) is 0.421. The van der Waals surface area contributed by atoms with E-state index in [0.717, 1.165) is 15.6 Å². The molecule has 0 N–H and O–H groups in total. The molecule has 0 aliphatic heterocycles. The monoisotopic (exact) mass is 419 g/mol. The Bertz CT molecular complexity index is 982. The molecule has 0 fully saturated rings. The predicted molar refractivity (Wildman–Crippen MR) is 111 cm³/mol. The van der Waals surface area contributed by atoms with Crippen molar-refractivity contribution in [3.8, 4) is 11.5 Å². The Labute approximate surface area is 171 Å². The Hall–Kier alpha value is -2.84. The van der Waals surface area contributed by atoms with Gasteiger partial charge in [0.15, 0.2) is 0 Å². The predicted octanol–water partition coefficient (Wildman–Crippen LogP) is 2.89. The molecule has 0 spiro atoms. The molecule has 156 valence electrons. The number of methoxy groups -OCH3 is 1. The third kappa shape index (κ3) is 6.07. The molecule has 2 aromatic carbocycles. The SMILES string of the molecule is COc1ccc(/C=C/C(=O)OCCOc2ccccc2C)cc1S(=O)(=O)N(C)C. The van der Waals surface area contributed by atoms with Crippen LogP contribution >= 0.6 is 0 Å². The van der Waals surface area contributed by atoms with Crippen LogP contribution in [0.5, 0.6) is 11.5 Å². The van der Waals surface area contributed by atoms with Gasteiger partial charge in [0, 0.05) is 20.2 Å². The molecule has 0 bridgehead atoms. The topological polar surface area (TPSA) is 82.1 Å². The first kappa shape index (κ1) is 22.4. The number of benzene rings is 2. The van der Waals surface area contributed by atoms with Crippen LogP contribution in [0, 0.1) is 6.92 Å². The number of rotatable bonds is 9. The second kappa shape index (κ2) is 10.1. The number of aryl methyl sites for hydroxylation is 1. The zero-order valence-corrected chi connectivity index (χ0v) is 17.7. The summed E-state index contributed by atoms with van der Waals surface area (Å²) < 4.78 is 41.8. The summed E-state index contributed by atoms with van der Waals surface area (Å²) in [6.07, 6.45) is 2.72. The van der Waals surface area contributed by atoms with Crippen LogP contribution in [0.25, 0.3) is 6.08 Å². The number of sulfonamides is 1. The standard InChI is InChI=1S/C21H25NO6S/c1-16-7-5-6-8-18(16)27-13-14-28-21(23)12-10-17-9-11-19(26-4)20(15-17)29(24,25)22(2)3/h5-12,15H,13-14H2,1-4H3/b12-10+. The van der Waals surface area contributed by atoms with Gasteiger partial charge in [-0.1, -0.05) is 24.3 Å². The zero-order chi connectivity index (χ0) is 21.4. The summed E-state index contributed by atoms with van der Waals surface area (Å²) >= 11 is 0. The van der Waals surface area contributed by atoms with Crippen LogP contribution < -0.4 is 9.47 Å². The number of hydrogen-bond acceptors (Lipinski definition) is 6. The van der Waals surface area contributed by atoms with E-state index >= 15 is 0 Å². The van der Waals surface area contributed by atoms with Crippen LogP contribution in [0.1, 0.15) is 11.1 Å². The van der Waals surface area contributed by atoms with Gasteiger partial charge in [0.05, 0.1) is 7.11 Å². The van der Waals surface area contributed by atoms with Crippen LogP contribution in [-0.2, 0) is 19.6 Å². The van der Waals surface area contributed by atoms with Crippen LogP contribution in [0.3, 0.4) is 0 Å². The molecule has 0 amide bonds. The number of ether oxygens (including phenoxy) is 3. The zero-order valence-electron chi connectivity index (χ0n) is 16.9. The largest absolute Gasteiger partial charge is 0.495 e. The highest BCUT2D eigenvalue weighted by Gasteiger charge is 2.22. The molecule has 0 aliphatic carbocycles. The molecule has 0 radical (unpaired) electrons. The average molecular weight is 419 g/mol. The third-order valence-corrected chi connectivity index (χ3v) is 5.87. The number of para-hydroxylation sites is 1. The number of carbonyl (C=O) groups is 1. The summed E-state index contributed by atoms with van der Waals surface area (Å²) in [4.78, 5) is 11.9. The molecule has 0 saturated carbocycles. The molecule has 0 heterocycles. The van der Waals surface area contributed by atoms with Crippen molar-refractivity contribution in [2.24, 2.45) is 0 Å². The van der Waals surface area contributed by atoms with E-state index in [1.807, 2.05) is 31.2 Å². The van der Waals surface area contributed by atoms with Gasteiger partial charge in [-0.3, -0.25) is 0 Å². The normalized spacial score (nSPS) is 11.6. The molecule has 29 heavy (non-hydrogen) atoms. The molecule has 0 unspecified atom stereocenters. The molecule has 0 saturated heterocycles. The summed E-state index contributed by atoms with van der Waals surface area (Å²) in [5.41, 5.74) is 1.53. The van der Waals surface area contributed by atoms with Crippen molar-refractivity contribution in [3.63, 3.8) is 0 Å². The van der Waals surface area contributed by atoms with Gasteiger partial charge in [-0.25, -0.2) is 17.5 Å². The number of carbonyl (C=O) groups excluding carboxylic acids is 1. The Morgan fingerprint density at radius 1 is 1.07 bits per heavy atom. The summed E-state index contributed by atoms with van der Waals surface area (Å²) in [6, 6.07) is 12.2. The molecule has 7 nitrogen and oxygen atoms in total. The van der Waals surface area contributed by atoms with Crippen LogP contribution in [0.2, 0.25) is 0 Å². The van der Waals surface area contributed by atoms with Gasteiger partial charge >= 0.3 is 5.97 Å². The number of hydrogen-bond donors (Lipinski definition) is 0. The van der Waals surface area contributed by atoms with Crippen molar-refractivity contribution in [3.05, 3.63) is 59.7 Å². The molecule has 0 aliphatic rings. The fourth-order valence-corrected chi connectivity index (χ4v) is 3.50. The molecule has 0 aromatic heterocycles. The van der Waals surface area contributed by atoms with Crippen LogP contribution in [0.4, 0.5) is 0 Å². The van der Waals surface area contributed by atoms with Gasteiger partial charge in [0.25, 0.3) is 0 Å². The number of esters is 1.